The minimum Gasteiger partial charge on any atom is -0.391 e. The summed E-state index contributed by atoms with van der Waals surface area (Å²) in [6.07, 6.45) is -0.0464. The van der Waals surface area contributed by atoms with Crippen LogP contribution in [0.1, 0.15) is 6.42 Å². The summed E-state index contributed by atoms with van der Waals surface area (Å²) in [4.78, 5) is 26.9. The molecule has 2 unspecified atom stereocenters. The van der Waals surface area contributed by atoms with Crippen LogP contribution in [0.2, 0.25) is 0 Å². The molecule has 1 saturated heterocycles. The molecule has 0 aromatic heterocycles. The number of β-amino-alcohol motifs (C(OH)–C–C–N with tert-alkyl or cyclic N) is 1. The highest BCUT2D eigenvalue weighted by Gasteiger charge is 2.36. The van der Waals surface area contributed by atoms with E-state index in [1.54, 1.807) is 0 Å². The Morgan fingerprint density at radius 2 is 2.17 bits per heavy atom. The minimum atomic E-state index is -0.654. The van der Waals surface area contributed by atoms with Crippen LogP contribution in [0.15, 0.2) is 0 Å². The number of carbonyl (C=O) groups is 2. The van der Waals surface area contributed by atoms with Crippen LogP contribution in [0.25, 0.3) is 0 Å². The number of amides is 2. The second kappa shape index (κ2) is 6.67. The number of nitrogens with zero attached hydrogens (tertiary/aromatic N) is 2. The fourth-order valence-electron chi connectivity index (χ4n) is 2.13. The van der Waals surface area contributed by atoms with E-state index in [1.165, 1.54) is 4.90 Å². The van der Waals surface area contributed by atoms with E-state index in [0.717, 1.165) is 0 Å². The quantitative estimate of drug-likeness (QED) is 0.488. The summed E-state index contributed by atoms with van der Waals surface area (Å²) >= 11 is 0. The summed E-state index contributed by atoms with van der Waals surface area (Å²) in [7, 11) is 3.78. The lowest BCUT2D eigenvalue weighted by Gasteiger charge is -2.26. The maximum atomic E-state index is 11.9. The third kappa shape index (κ3) is 3.94. The molecule has 1 aliphatic rings. The van der Waals surface area contributed by atoms with Crippen molar-refractivity contribution in [1.29, 1.82) is 0 Å². The van der Waals surface area contributed by atoms with Gasteiger partial charge in [-0.15, -0.1) is 0 Å². The molecule has 7 nitrogen and oxygen atoms in total. The molecule has 18 heavy (non-hydrogen) atoms. The van der Waals surface area contributed by atoms with Crippen LogP contribution in [0.5, 0.6) is 0 Å². The van der Waals surface area contributed by atoms with Gasteiger partial charge in [-0.1, -0.05) is 0 Å². The summed E-state index contributed by atoms with van der Waals surface area (Å²) in [6.45, 7) is 1.42. The molecule has 0 bridgehead atoms. The Morgan fingerprint density at radius 3 is 2.72 bits per heavy atom. The summed E-state index contributed by atoms with van der Waals surface area (Å²) in [5.74, 6) is -1.25. The van der Waals surface area contributed by atoms with Gasteiger partial charge in [-0.3, -0.25) is 9.59 Å². The van der Waals surface area contributed by atoms with Gasteiger partial charge in [0.05, 0.1) is 6.10 Å². The van der Waals surface area contributed by atoms with Crippen molar-refractivity contribution in [2.45, 2.75) is 18.6 Å². The molecule has 4 N–H and O–H groups in total. The number of rotatable bonds is 4. The van der Waals surface area contributed by atoms with Crippen molar-refractivity contribution in [2.75, 3.05) is 40.3 Å². The Bertz CT molecular complexity index is 309. The predicted molar refractivity (Wildman–Crippen MR) is 66.7 cm³/mol. The molecule has 1 aliphatic heterocycles. The highest BCUT2D eigenvalue weighted by Crippen LogP contribution is 2.18. The van der Waals surface area contributed by atoms with Gasteiger partial charge in [0, 0.05) is 32.2 Å². The number of likely N-dealkylation sites (tertiary alicyclic amines) is 1. The average Bonchev–Trinajstić information content (AvgIpc) is 2.65. The first-order valence-electron chi connectivity index (χ1n) is 6.07. The Morgan fingerprint density at radius 1 is 1.50 bits per heavy atom. The molecule has 1 rings (SSSR count). The normalized spacial score (nSPS) is 23.5. The van der Waals surface area contributed by atoms with Crippen LogP contribution in [0.3, 0.4) is 0 Å². The number of aliphatic hydroxyl groups is 1. The molecule has 7 heteroatoms. The number of hydrogen-bond donors (Lipinski definition) is 3. The summed E-state index contributed by atoms with van der Waals surface area (Å²) in [5.41, 5.74) is 5.26. The van der Waals surface area contributed by atoms with E-state index in [4.69, 9.17) is 5.73 Å². The fraction of sp³-hybridized carbons (Fsp3) is 0.818. The van der Waals surface area contributed by atoms with Crippen LogP contribution in [0, 0.1) is 0 Å². The number of likely N-dealkylation sites (N-methyl/N-ethyl adjacent to an activating group) is 1. The largest absolute Gasteiger partial charge is 0.391 e. The lowest BCUT2D eigenvalue weighted by atomic mass is 10.2. The maximum Gasteiger partial charge on any atom is 0.312 e. The third-order valence-corrected chi connectivity index (χ3v) is 2.85. The average molecular weight is 258 g/mol. The molecule has 1 fully saturated rings. The Balaban J connectivity index is 2.61. The fourth-order valence-corrected chi connectivity index (χ4v) is 2.13. The van der Waals surface area contributed by atoms with E-state index in [2.05, 4.69) is 5.32 Å². The van der Waals surface area contributed by atoms with Gasteiger partial charge in [-0.05, 0) is 20.5 Å². The topological polar surface area (TPSA) is 98.9 Å². The number of aliphatic hydroxyl groups excluding tert-OH is 1. The SMILES string of the molecule is CN(C)CC1CC(O)CN1C(=O)C(=O)NCCN. The summed E-state index contributed by atoms with van der Waals surface area (Å²) in [6, 6.07) is -0.119. The molecule has 0 saturated carbocycles. The minimum absolute atomic E-state index is 0.119. The van der Waals surface area contributed by atoms with Gasteiger partial charge in [0.15, 0.2) is 0 Å². The van der Waals surface area contributed by atoms with Gasteiger partial charge in [0.2, 0.25) is 0 Å². The van der Waals surface area contributed by atoms with Crippen molar-refractivity contribution in [3.63, 3.8) is 0 Å². The zero-order valence-electron chi connectivity index (χ0n) is 10.9. The van der Waals surface area contributed by atoms with E-state index >= 15 is 0 Å². The molecule has 0 aliphatic carbocycles. The molecular formula is C11H22N4O3. The predicted octanol–water partition coefficient (Wildman–Crippen LogP) is -2.42. The zero-order chi connectivity index (χ0) is 13.7. The molecule has 2 atom stereocenters. The van der Waals surface area contributed by atoms with Crippen molar-refractivity contribution in [3.05, 3.63) is 0 Å². The Labute approximate surface area is 107 Å². The maximum absolute atomic E-state index is 11.9. The lowest BCUT2D eigenvalue weighted by Crippen LogP contribution is -2.48. The number of nitrogens with two attached hydrogens (primary N) is 1. The molecule has 104 valence electrons. The van der Waals surface area contributed by atoms with Gasteiger partial charge in [0.25, 0.3) is 0 Å². The van der Waals surface area contributed by atoms with E-state index in [9.17, 15) is 14.7 Å². The standard InChI is InChI=1S/C11H22N4O3/c1-14(2)6-8-5-9(16)7-15(8)11(18)10(17)13-4-3-12/h8-9,16H,3-7,12H2,1-2H3,(H,13,17). The number of carbonyl (C=O) groups excluding carboxylic acids is 2. The Kier molecular flexibility index (Phi) is 5.52. The van der Waals surface area contributed by atoms with Gasteiger partial charge in [0.1, 0.15) is 0 Å². The van der Waals surface area contributed by atoms with E-state index in [1.807, 2.05) is 19.0 Å². The number of nitrogens with one attached hydrogen (secondary N) is 1. The first-order chi connectivity index (χ1) is 8.45. The van der Waals surface area contributed by atoms with E-state index < -0.39 is 17.9 Å². The first kappa shape index (κ1) is 14.9. The van der Waals surface area contributed by atoms with Gasteiger partial charge in [-0.25, -0.2) is 0 Å². The van der Waals surface area contributed by atoms with Gasteiger partial charge >= 0.3 is 11.8 Å². The second-order valence-corrected chi connectivity index (χ2v) is 4.81. The molecule has 0 radical (unpaired) electrons. The Hall–Kier alpha value is -1.18. The van der Waals surface area contributed by atoms with E-state index in [-0.39, 0.29) is 19.1 Å². The third-order valence-electron chi connectivity index (χ3n) is 2.85. The van der Waals surface area contributed by atoms with Crippen molar-refractivity contribution < 1.29 is 14.7 Å². The van der Waals surface area contributed by atoms with Gasteiger partial charge in [-0.2, -0.15) is 0 Å². The van der Waals surface area contributed by atoms with Crippen molar-refractivity contribution in [1.82, 2.24) is 15.1 Å². The highest BCUT2D eigenvalue weighted by molar-refractivity contribution is 6.35. The van der Waals surface area contributed by atoms with Crippen LogP contribution in [0.4, 0.5) is 0 Å². The van der Waals surface area contributed by atoms with Crippen molar-refractivity contribution in [2.24, 2.45) is 5.73 Å². The molecule has 0 aromatic rings. The monoisotopic (exact) mass is 258 g/mol. The first-order valence-corrected chi connectivity index (χ1v) is 6.07. The smallest absolute Gasteiger partial charge is 0.312 e. The van der Waals surface area contributed by atoms with E-state index in [0.29, 0.717) is 19.5 Å². The summed E-state index contributed by atoms with van der Waals surface area (Å²) in [5, 5.41) is 12.1. The highest BCUT2D eigenvalue weighted by atomic mass is 16.3. The molecule has 0 aromatic carbocycles. The van der Waals surface area contributed by atoms with Crippen molar-refractivity contribution in [3.8, 4) is 0 Å². The second-order valence-electron chi connectivity index (χ2n) is 4.81. The lowest BCUT2D eigenvalue weighted by molar-refractivity contribution is -0.146. The van der Waals surface area contributed by atoms with Crippen LogP contribution >= 0.6 is 0 Å². The molecule has 0 spiro atoms. The van der Waals surface area contributed by atoms with Gasteiger partial charge < -0.3 is 26.0 Å². The van der Waals surface area contributed by atoms with Crippen molar-refractivity contribution >= 4 is 11.8 Å². The molecular weight excluding hydrogens is 236 g/mol. The van der Waals surface area contributed by atoms with Crippen LogP contribution in [-0.2, 0) is 9.59 Å². The number of hydrogen-bond acceptors (Lipinski definition) is 5. The van der Waals surface area contributed by atoms with Crippen LogP contribution < -0.4 is 11.1 Å². The summed E-state index contributed by atoms with van der Waals surface area (Å²) < 4.78 is 0. The zero-order valence-corrected chi connectivity index (χ0v) is 10.9. The molecule has 2 amide bonds. The molecule has 1 heterocycles. The van der Waals surface area contributed by atoms with Crippen LogP contribution in [-0.4, -0.2) is 79.1 Å².